The zero-order valence-corrected chi connectivity index (χ0v) is 8.48. The molecule has 3 heteroatoms. The van der Waals surface area contributed by atoms with Gasteiger partial charge in [0.1, 0.15) is 0 Å². The first-order valence-corrected chi connectivity index (χ1v) is 5.20. The average Bonchev–Trinajstić information content (AvgIpc) is 2.15. The zero-order valence-electron chi connectivity index (χ0n) is 8.48. The molecule has 0 aliphatic carbocycles. The van der Waals surface area contributed by atoms with Crippen LogP contribution in [0.4, 0.5) is 5.69 Å². The van der Waals surface area contributed by atoms with E-state index in [0.29, 0.717) is 0 Å². The molecule has 1 aromatic heterocycles. The van der Waals surface area contributed by atoms with Crippen molar-refractivity contribution in [1.82, 2.24) is 4.98 Å². The molecule has 2 rings (SSSR count). The number of nitrogens with zero attached hydrogens (tertiary/aromatic N) is 2. The minimum atomic E-state index is -0.416. The first-order valence-electron chi connectivity index (χ1n) is 5.20. The molecule has 1 saturated heterocycles. The predicted molar refractivity (Wildman–Crippen MR) is 56.3 cm³/mol. The third-order valence-corrected chi connectivity index (χ3v) is 2.72. The molecule has 14 heavy (non-hydrogen) atoms. The van der Waals surface area contributed by atoms with Gasteiger partial charge in [-0.15, -0.1) is 0 Å². The molecule has 1 fully saturated rings. The number of aliphatic hydroxyl groups excluding tert-OH is 1. The first-order chi connectivity index (χ1) is 6.81. The summed E-state index contributed by atoms with van der Waals surface area (Å²) in [6.45, 7) is 4.23. The number of aromatic nitrogens is 1. The van der Waals surface area contributed by atoms with E-state index in [-0.39, 0.29) is 0 Å². The standard InChI is InChI=1S/C11H16N2O/c1-2-11(14)10-5-4-9(8-12-10)13-6-3-7-13/h4-5,8,11,14H,2-3,6-7H2,1H3/t11-/m0/s1. The number of pyridine rings is 1. The molecule has 2 heterocycles. The average molecular weight is 192 g/mol. The van der Waals surface area contributed by atoms with Gasteiger partial charge in [-0.25, -0.2) is 0 Å². The summed E-state index contributed by atoms with van der Waals surface area (Å²) in [5, 5.41) is 9.55. The number of aliphatic hydroxyl groups is 1. The molecule has 0 amide bonds. The Bertz CT molecular complexity index is 269. The fraction of sp³-hybridized carbons (Fsp3) is 0.545. The summed E-state index contributed by atoms with van der Waals surface area (Å²) >= 11 is 0. The number of hydrogen-bond acceptors (Lipinski definition) is 3. The molecule has 0 unspecified atom stereocenters. The lowest BCUT2D eigenvalue weighted by Gasteiger charge is -2.32. The monoisotopic (exact) mass is 192 g/mol. The van der Waals surface area contributed by atoms with Gasteiger partial charge >= 0.3 is 0 Å². The molecule has 1 aliphatic heterocycles. The van der Waals surface area contributed by atoms with Crippen LogP contribution in [0, 0.1) is 0 Å². The van der Waals surface area contributed by atoms with Crippen molar-refractivity contribution in [2.24, 2.45) is 0 Å². The van der Waals surface area contributed by atoms with Crippen LogP contribution in [-0.4, -0.2) is 23.2 Å². The SMILES string of the molecule is CC[C@H](O)c1ccc(N2CCC2)cn1. The van der Waals surface area contributed by atoms with Crippen molar-refractivity contribution in [3.8, 4) is 0 Å². The van der Waals surface area contributed by atoms with Crippen LogP contribution in [0.1, 0.15) is 31.6 Å². The molecular weight excluding hydrogens is 176 g/mol. The number of hydrogen-bond donors (Lipinski definition) is 1. The van der Waals surface area contributed by atoms with E-state index < -0.39 is 6.10 Å². The minimum absolute atomic E-state index is 0.416. The van der Waals surface area contributed by atoms with Crippen molar-refractivity contribution in [3.05, 3.63) is 24.0 Å². The van der Waals surface area contributed by atoms with Gasteiger partial charge in [-0.1, -0.05) is 6.92 Å². The lowest BCUT2D eigenvalue weighted by Crippen LogP contribution is -2.37. The highest BCUT2D eigenvalue weighted by atomic mass is 16.3. The van der Waals surface area contributed by atoms with Gasteiger partial charge in [-0.05, 0) is 25.0 Å². The van der Waals surface area contributed by atoms with E-state index >= 15 is 0 Å². The van der Waals surface area contributed by atoms with Crippen LogP contribution in [0.25, 0.3) is 0 Å². The second-order valence-corrected chi connectivity index (χ2v) is 3.71. The fourth-order valence-corrected chi connectivity index (χ4v) is 1.57. The molecule has 0 saturated carbocycles. The fourth-order valence-electron chi connectivity index (χ4n) is 1.57. The molecule has 0 aromatic carbocycles. The van der Waals surface area contributed by atoms with Crippen LogP contribution in [0.3, 0.4) is 0 Å². The molecule has 0 bridgehead atoms. The largest absolute Gasteiger partial charge is 0.387 e. The summed E-state index contributed by atoms with van der Waals surface area (Å²) in [4.78, 5) is 6.55. The molecule has 1 N–H and O–H groups in total. The van der Waals surface area contributed by atoms with Gasteiger partial charge in [0, 0.05) is 13.1 Å². The summed E-state index contributed by atoms with van der Waals surface area (Å²) in [7, 11) is 0. The Kier molecular flexibility index (Phi) is 2.68. The molecule has 1 aliphatic rings. The van der Waals surface area contributed by atoms with Gasteiger partial charge in [-0.3, -0.25) is 4.98 Å². The normalized spacial score (nSPS) is 17.7. The van der Waals surface area contributed by atoms with Crippen molar-refractivity contribution in [1.29, 1.82) is 0 Å². The molecule has 1 atom stereocenters. The van der Waals surface area contributed by atoms with E-state index in [2.05, 4.69) is 9.88 Å². The van der Waals surface area contributed by atoms with Crippen molar-refractivity contribution in [2.75, 3.05) is 18.0 Å². The van der Waals surface area contributed by atoms with Crippen LogP contribution in [0.2, 0.25) is 0 Å². The molecule has 0 radical (unpaired) electrons. The highest BCUT2D eigenvalue weighted by Crippen LogP contribution is 2.21. The molecule has 76 valence electrons. The second-order valence-electron chi connectivity index (χ2n) is 3.71. The molecule has 1 aromatic rings. The topological polar surface area (TPSA) is 36.4 Å². The van der Waals surface area contributed by atoms with Gasteiger partial charge < -0.3 is 10.0 Å². The number of anilines is 1. The van der Waals surface area contributed by atoms with Crippen molar-refractivity contribution in [3.63, 3.8) is 0 Å². The zero-order chi connectivity index (χ0) is 9.97. The van der Waals surface area contributed by atoms with Crippen molar-refractivity contribution < 1.29 is 5.11 Å². The van der Waals surface area contributed by atoms with Crippen LogP contribution in [-0.2, 0) is 0 Å². The minimum Gasteiger partial charge on any atom is -0.387 e. The Hall–Kier alpha value is -1.09. The summed E-state index contributed by atoms with van der Waals surface area (Å²) < 4.78 is 0. The van der Waals surface area contributed by atoms with Crippen LogP contribution < -0.4 is 4.90 Å². The summed E-state index contributed by atoms with van der Waals surface area (Å²) in [6, 6.07) is 3.96. The Morgan fingerprint density at radius 2 is 2.29 bits per heavy atom. The van der Waals surface area contributed by atoms with Gasteiger partial charge in [0.15, 0.2) is 0 Å². The highest BCUT2D eigenvalue weighted by molar-refractivity contribution is 5.46. The predicted octanol–water partition coefficient (Wildman–Crippen LogP) is 1.74. The first kappa shape index (κ1) is 9.46. The smallest absolute Gasteiger partial charge is 0.0957 e. The lowest BCUT2D eigenvalue weighted by atomic mass is 10.1. The summed E-state index contributed by atoms with van der Waals surface area (Å²) in [5.41, 5.74) is 1.94. The molecule has 0 spiro atoms. The Balaban J connectivity index is 2.09. The third-order valence-electron chi connectivity index (χ3n) is 2.72. The Morgan fingerprint density at radius 1 is 1.50 bits per heavy atom. The summed E-state index contributed by atoms with van der Waals surface area (Å²) in [5.74, 6) is 0. The summed E-state index contributed by atoms with van der Waals surface area (Å²) in [6.07, 6.45) is 3.43. The van der Waals surface area contributed by atoms with Crippen LogP contribution in [0.15, 0.2) is 18.3 Å². The quantitative estimate of drug-likeness (QED) is 0.792. The Labute approximate surface area is 84.4 Å². The van der Waals surface area contributed by atoms with Gasteiger partial charge in [0.25, 0.3) is 0 Å². The van der Waals surface area contributed by atoms with E-state index in [1.165, 1.54) is 12.1 Å². The van der Waals surface area contributed by atoms with Gasteiger partial charge in [0.05, 0.1) is 23.7 Å². The van der Waals surface area contributed by atoms with E-state index in [1.807, 2.05) is 25.3 Å². The van der Waals surface area contributed by atoms with E-state index in [9.17, 15) is 5.11 Å². The lowest BCUT2D eigenvalue weighted by molar-refractivity contribution is 0.169. The highest BCUT2D eigenvalue weighted by Gasteiger charge is 2.15. The van der Waals surface area contributed by atoms with Gasteiger partial charge in [-0.2, -0.15) is 0 Å². The second kappa shape index (κ2) is 3.96. The molecular formula is C11H16N2O. The maximum absolute atomic E-state index is 9.55. The van der Waals surface area contributed by atoms with Crippen LogP contribution in [0.5, 0.6) is 0 Å². The number of rotatable bonds is 3. The van der Waals surface area contributed by atoms with E-state index in [1.54, 1.807) is 0 Å². The maximum atomic E-state index is 9.55. The van der Waals surface area contributed by atoms with Crippen LogP contribution >= 0.6 is 0 Å². The van der Waals surface area contributed by atoms with Gasteiger partial charge in [0.2, 0.25) is 0 Å². The molecule has 3 nitrogen and oxygen atoms in total. The van der Waals surface area contributed by atoms with Crippen molar-refractivity contribution in [2.45, 2.75) is 25.9 Å². The van der Waals surface area contributed by atoms with E-state index in [4.69, 9.17) is 0 Å². The van der Waals surface area contributed by atoms with Crippen molar-refractivity contribution >= 4 is 5.69 Å². The Morgan fingerprint density at radius 3 is 2.71 bits per heavy atom. The van der Waals surface area contributed by atoms with E-state index in [0.717, 1.165) is 25.2 Å². The maximum Gasteiger partial charge on any atom is 0.0957 e. The third kappa shape index (κ3) is 1.73.